The number of aliphatic imine (C=N–C) groups is 2. The lowest BCUT2D eigenvalue weighted by molar-refractivity contribution is 0.340. The lowest BCUT2D eigenvalue weighted by atomic mass is 10.1. The molecule has 0 bridgehead atoms. The quantitative estimate of drug-likeness (QED) is 0.351. The first-order valence-electron chi connectivity index (χ1n) is 11.3. The maximum absolute atomic E-state index is 10.8. The van der Waals surface area contributed by atoms with Crippen LogP contribution >= 0.6 is 23.6 Å². The predicted octanol–water partition coefficient (Wildman–Crippen LogP) is 5.67. The van der Waals surface area contributed by atoms with Crippen LogP contribution in [0.1, 0.15) is 17.4 Å². The van der Waals surface area contributed by atoms with E-state index >= 15 is 0 Å². The van der Waals surface area contributed by atoms with E-state index in [1.807, 2.05) is 31.2 Å². The van der Waals surface area contributed by atoms with E-state index in [1.54, 1.807) is 49.1 Å². The van der Waals surface area contributed by atoms with Crippen molar-refractivity contribution in [2.75, 3.05) is 20.8 Å². The number of ether oxygens (including phenoxy) is 4. The van der Waals surface area contributed by atoms with Crippen molar-refractivity contribution < 1.29 is 24.1 Å². The molecule has 0 saturated heterocycles. The molecule has 0 spiro atoms. The SMILES string of the molecule is CCOc1ccc(N=C2O/C(=C/c3sc(=S)n(CCc4ccc(OC)c(OC)c4)c3O)N=C2C#N)cc1. The van der Waals surface area contributed by atoms with E-state index in [0.29, 0.717) is 45.6 Å². The van der Waals surface area contributed by atoms with Crippen LogP contribution in [0.15, 0.2) is 58.3 Å². The monoisotopic (exact) mass is 536 g/mol. The molecule has 0 fully saturated rings. The Labute approximate surface area is 223 Å². The average Bonchev–Trinajstić information content (AvgIpc) is 3.42. The molecule has 11 heteroatoms. The van der Waals surface area contributed by atoms with Gasteiger partial charge in [0.1, 0.15) is 11.8 Å². The number of methoxy groups -OCH3 is 2. The number of rotatable bonds is 9. The van der Waals surface area contributed by atoms with Gasteiger partial charge in [-0.25, -0.2) is 4.99 Å². The normalized spacial score (nSPS) is 14.8. The fraction of sp³-hybridized carbons (Fsp3) is 0.231. The van der Waals surface area contributed by atoms with Gasteiger partial charge in [-0.2, -0.15) is 10.3 Å². The Kier molecular flexibility index (Phi) is 8.22. The van der Waals surface area contributed by atoms with Gasteiger partial charge in [0, 0.05) is 12.6 Å². The van der Waals surface area contributed by atoms with Gasteiger partial charge in [-0.15, -0.1) is 11.3 Å². The molecule has 0 aliphatic carbocycles. The van der Waals surface area contributed by atoms with Gasteiger partial charge < -0.3 is 24.1 Å². The minimum atomic E-state index is -0.00261. The Morgan fingerprint density at radius 1 is 1.19 bits per heavy atom. The Morgan fingerprint density at radius 3 is 2.62 bits per heavy atom. The molecular formula is C26H24N4O5S2. The zero-order chi connectivity index (χ0) is 26.4. The molecule has 4 rings (SSSR count). The van der Waals surface area contributed by atoms with Gasteiger partial charge in [0.2, 0.25) is 17.5 Å². The summed E-state index contributed by atoms with van der Waals surface area (Å²) in [5.74, 6) is 2.22. The molecule has 2 aromatic carbocycles. The van der Waals surface area contributed by atoms with Crippen LogP contribution in [0.4, 0.5) is 5.69 Å². The van der Waals surface area contributed by atoms with Crippen molar-refractivity contribution in [2.45, 2.75) is 19.9 Å². The van der Waals surface area contributed by atoms with E-state index < -0.39 is 0 Å². The van der Waals surface area contributed by atoms with Crippen molar-refractivity contribution in [2.24, 2.45) is 9.98 Å². The molecule has 0 radical (unpaired) electrons. The molecule has 2 heterocycles. The topological polar surface area (TPSA) is 111 Å². The number of nitriles is 1. The van der Waals surface area contributed by atoms with E-state index in [1.165, 1.54) is 11.3 Å². The Bertz CT molecular complexity index is 1480. The second-order valence-electron chi connectivity index (χ2n) is 7.65. The third kappa shape index (κ3) is 5.99. The van der Waals surface area contributed by atoms with Gasteiger partial charge in [-0.05, 0) is 67.5 Å². The number of hydrogen-bond acceptors (Lipinski definition) is 10. The molecule has 0 atom stereocenters. The van der Waals surface area contributed by atoms with E-state index in [9.17, 15) is 10.4 Å². The first kappa shape index (κ1) is 25.9. The number of aromatic hydroxyl groups is 1. The number of thiazole rings is 1. The molecule has 1 aromatic heterocycles. The van der Waals surface area contributed by atoms with Gasteiger partial charge in [0.05, 0.1) is 31.4 Å². The highest BCUT2D eigenvalue weighted by Gasteiger charge is 2.23. The highest BCUT2D eigenvalue weighted by Crippen LogP contribution is 2.32. The zero-order valence-electron chi connectivity index (χ0n) is 20.4. The lowest BCUT2D eigenvalue weighted by Crippen LogP contribution is -2.07. The summed E-state index contributed by atoms with van der Waals surface area (Å²) in [6.07, 6.45) is 2.15. The largest absolute Gasteiger partial charge is 0.494 e. The Morgan fingerprint density at radius 2 is 1.95 bits per heavy atom. The highest BCUT2D eigenvalue weighted by atomic mass is 32.1. The van der Waals surface area contributed by atoms with Crippen LogP contribution in [0.3, 0.4) is 0 Å². The maximum atomic E-state index is 10.8. The molecule has 1 N–H and O–H groups in total. The second kappa shape index (κ2) is 11.7. The second-order valence-corrected chi connectivity index (χ2v) is 9.32. The third-order valence-corrected chi connectivity index (χ3v) is 6.72. The van der Waals surface area contributed by atoms with Crippen molar-refractivity contribution in [3.63, 3.8) is 0 Å². The van der Waals surface area contributed by atoms with Crippen molar-refractivity contribution >= 4 is 46.9 Å². The number of nitrogens with zero attached hydrogens (tertiary/aromatic N) is 4. The predicted molar refractivity (Wildman–Crippen MR) is 145 cm³/mol. The van der Waals surface area contributed by atoms with Crippen LogP contribution in [0, 0.1) is 15.3 Å². The van der Waals surface area contributed by atoms with E-state index in [2.05, 4.69) is 9.98 Å². The van der Waals surface area contributed by atoms with Crippen LogP contribution in [-0.2, 0) is 17.7 Å². The van der Waals surface area contributed by atoms with Crippen molar-refractivity contribution in [1.29, 1.82) is 5.26 Å². The summed E-state index contributed by atoms with van der Waals surface area (Å²) in [6, 6.07) is 14.7. The summed E-state index contributed by atoms with van der Waals surface area (Å²) < 4.78 is 23.9. The molecule has 1 aliphatic heterocycles. The van der Waals surface area contributed by atoms with E-state index in [4.69, 9.17) is 31.2 Å². The van der Waals surface area contributed by atoms with Gasteiger partial charge in [0.15, 0.2) is 15.5 Å². The van der Waals surface area contributed by atoms with Crippen LogP contribution in [-0.4, -0.2) is 42.1 Å². The fourth-order valence-corrected chi connectivity index (χ4v) is 4.82. The van der Waals surface area contributed by atoms with Crippen molar-refractivity contribution in [3.05, 3.63) is 62.7 Å². The smallest absolute Gasteiger partial charge is 0.258 e. The average molecular weight is 537 g/mol. The minimum Gasteiger partial charge on any atom is -0.494 e. The van der Waals surface area contributed by atoms with Gasteiger partial charge in [-0.1, -0.05) is 6.07 Å². The first-order chi connectivity index (χ1) is 17.9. The summed E-state index contributed by atoms with van der Waals surface area (Å²) in [7, 11) is 3.17. The van der Waals surface area contributed by atoms with Crippen molar-refractivity contribution in [3.8, 4) is 29.2 Å². The van der Waals surface area contributed by atoms with Gasteiger partial charge >= 0.3 is 0 Å². The van der Waals surface area contributed by atoms with Crippen LogP contribution < -0.4 is 14.2 Å². The lowest BCUT2D eigenvalue weighted by Gasteiger charge is -2.10. The third-order valence-electron chi connectivity index (χ3n) is 5.33. The van der Waals surface area contributed by atoms with Crippen LogP contribution in [0.2, 0.25) is 0 Å². The fourth-order valence-electron chi connectivity index (χ4n) is 3.53. The van der Waals surface area contributed by atoms with E-state index in [-0.39, 0.29) is 23.4 Å². The molecule has 0 amide bonds. The Balaban J connectivity index is 1.51. The summed E-state index contributed by atoms with van der Waals surface area (Å²) >= 11 is 6.69. The maximum Gasteiger partial charge on any atom is 0.258 e. The molecular weight excluding hydrogens is 512 g/mol. The number of aromatic nitrogens is 1. The minimum absolute atomic E-state index is 0.00261. The Hall–Kier alpha value is -4.14. The summed E-state index contributed by atoms with van der Waals surface area (Å²) in [4.78, 5) is 9.05. The number of benzene rings is 2. The molecule has 3 aromatic rings. The zero-order valence-corrected chi connectivity index (χ0v) is 22.1. The molecule has 0 unspecified atom stereocenters. The number of hydrogen-bond donors (Lipinski definition) is 1. The van der Waals surface area contributed by atoms with Crippen LogP contribution in [0.5, 0.6) is 23.1 Å². The highest BCUT2D eigenvalue weighted by molar-refractivity contribution is 7.73. The molecule has 37 heavy (non-hydrogen) atoms. The molecule has 0 saturated carbocycles. The van der Waals surface area contributed by atoms with E-state index in [0.717, 1.165) is 11.3 Å². The summed E-state index contributed by atoms with van der Waals surface area (Å²) in [6.45, 7) is 2.93. The summed E-state index contributed by atoms with van der Waals surface area (Å²) in [5, 5.41) is 20.3. The van der Waals surface area contributed by atoms with Gasteiger partial charge in [-0.3, -0.25) is 4.57 Å². The number of aryl methyl sites for hydroxylation is 1. The van der Waals surface area contributed by atoms with Crippen molar-refractivity contribution in [1.82, 2.24) is 4.57 Å². The molecule has 9 nitrogen and oxygen atoms in total. The first-order valence-corrected chi connectivity index (χ1v) is 12.5. The van der Waals surface area contributed by atoms with Crippen LogP contribution in [0.25, 0.3) is 6.08 Å². The molecule has 190 valence electrons. The summed E-state index contributed by atoms with van der Waals surface area (Å²) in [5.41, 5.74) is 1.63. The van der Waals surface area contributed by atoms with Gasteiger partial charge in [0.25, 0.3) is 5.90 Å². The standard InChI is InChI=1S/C26H24N4O5S2/c1-4-34-18-8-6-17(7-9-18)28-24-19(15-27)29-23(35-24)14-22-25(31)30(26(36)37-22)12-11-16-5-10-20(32-2)21(13-16)33-3/h5-10,13-14,31H,4,11-12H2,1-3H3/b23-14+,28-24?. The molecule has 1 aliphatic rings.